The van der Waals surface area contributed by atoms with Crippen molar-refractivity contribution in [1.29, 1.82) is 0 Å². The second-order valence-corrected chi connectivity index (χ2v) is 9.63. The number of carbonyl (C=O) groups is 1. The van der Waals surface area contributed by atoms with E-state index in [0.717, 1.165) is 16.6 Å². The van der Waals surface area contributed by atoms with Crippen molar-refractivity contribution in [1.82, 2.24) is 4.57 Å². The number of aromatic nitrogens is 1. The summed E-state index contributed by atoms with van der Waals surface area (Å²) in [5.41, 5.74) is 3.09. The highest BCUT2D eigenvalue weighted by Crippen LogP contribution is 2.40. The molecule has 1 N–H and O–H groups in total. The monoisotopic (exact) mass is 469 g/mol. The molecule has 1 atom stereocenters. The topological polar surface area (TPSA) is 85.4 Å². The van der Waals surface area contributed by atoms with E-state index in [-0.39, 0.29) is 23.6 Å². The lowest BCUT2D eigenvalue weighted by molar-refractivity contribution is -0.127. The number of para-hydroxylation sites is 1. The summed E-state index contributed by atoms with van der Waals surface area (Å²) in [5.74, 6) is 0.490. The van der Waals surface area contributed by atoms with Gasteiger partial charge in [-0.3, -0.25) is 4.79 Å². The van der Waals surface area contributed by atoms with Crippen LogP contribution in [0, 0.1) is 0 Å². The quantitative estimate of drug-likeness (QED) is 0.364. The first-order valence-corrected chi connectivity index (χ1v) is 11.5. The molecule has 178 valence electrons. The van der Waals surface area contributed by atoms with E-state index in [9.17, 15) is 9.90 Å². The summed E-state index contributed by atoms with van der Waals surface area (Å²) >= 11 is 0. The van der Waals surface area contributed by atoms with E-state index in [1.165, 1.54) is 0 Å². The molecular weight excluding hydrogens is 442 g/mol. The number of nitrogens with zero attached hydrogens (tertiary/aromatic N) is 3. The van der Waals surface area contributed by atoms with Gasteiger partial charge in [-0.2, -0.15) is 0 Å². The highest BCUT2D eigenvalue weighted by molar-refractivity contribution is 5.95. The fourth-order valence-electron chi connectivity index (χ4n) is 4.12. The van der Waals surface area contributed by atoms with Gasteiger partial charge in [-0.15, -0.1) is 10.2 Å². The molecule has 0 aliphatic carbocycles. The summed E-state index contributed by atoms with van der Waals surface area (Å²) in [6.07, 6.45) is -0.915. The number of amides is 1. The third-order valence-electron chi connectivity index (χ3n) is 6.09. The van der Waals surface area contributed by atoms with Crippen molar-refractivity contribution < 1.29 is 19.4 Å². The van der Waals surface area contributed by atoms with E-state index in [0.29, 0.717) is 23.4 Å². The van der Waals surface area contributed by atoms with Gasteiger partial charge >= 0.3 is 5.91 Å². The first-order chi connectivity index (χ1) is 16.8. The number of ether oxygens (including phenoxy) is 2. The van der Waals surface area contributed by atoms with Crippen LogP contribution in [0.5, 0.6) is 17.4 Å². The van der Waals surface area contributed by atoms with Crippen molar-refractivity contribution >= 4 is 22.5 Å². The molecule has 1 amide bonds. The van der Waals surface area contributed by atoms with E-state index in [2.05, 4.69) is 31.0 Å². The van der Waals surface area contributed by atoms with E-state index in [1.807, 2.05) is 72.8 Å². The lowest BCUT2D eigenvalue weighted by Crippen LogP contribution is -2.35. The fraction of sp³-hybridized carbons (Fsp3) is 0.250. The Bertz CT molecular complexity index is 1420. The number of rotatable bonds is 4. The van der Waals surface area contributed by atoms with Crippen molar-refractivity contribution in [2.24, 2.45) is 10.2 Å². The SMILES string of the molecule is CC(C)(C)c1ccc2c(c1)O[C@H](C(=O)N=Nc1c(O)n(Cc3ccccc3)c3ccccc13)CO2. The van der Waals surface area contributed by atoms with Crippen molar-refractivity contribution in [2.75, 3.05) is 6.61 Å². The van der Waals surface area contributed by atoms with Crippen LogP contribution < -0.4 is 9.47 Å². The van der Waals surface area contributed by atoms with Gasteiger partial charge in [0.2, 0.25) is 12.0 Å². The van der Waals surface area contributed by atoms with Gasteiger partial charge in [-0.25, -0.2) is 0 Å². The molecule has 1 aromatic heterocycles. The third-order valence-corrected chi connectivity index (χ3v) is 6.09. The van der Waals surface area contributed by atoms with Gasteiger partial charge in [0, 0.05) is 5.39 Å². The zero-order valence-electron chi connectivity index (χ0n) is 19.9. The van der Waals surface area contributed by atoms with Crippen molar-refractivity contribution in [2.45, 2.75) is 38.8 Å². The lowest BCUT2D eigenvalue weighted by Gasteiger charge is -2.27. The molecule has 1 aliphatic rings. The minimum Gasteiger partial charge on any atom is -0.493 e. The molecule has 0 saturated heterocycles. The molecule has 35 heavy (non-hydrogen) atoms. The van der Waals surface area contributed by atoms with E-state index >= 15 is 0 Å². The first kappa shape index (κ1) is 22.7. The molecule has 0 spiro atoms. The number of fused-ring (bicyclic) bond motifs is 2. The molecule has 0 fully saturated rings. The van der Waals surface area contributed by atoms with Gasteiger partial charge < -0.3 is 19.1 Å². The Balaban J connectivity index is 1.40. The molecule has 0 saturated carbocycles. The van der Waals surface area contributed by atoms with Crippen LogP contribution >= 0.6 is 0 Å². The maximum Gasteiger partial charge on any atom is 0.308 e. The summed E-state index contributed by atoms with van der Waals surface area (Å²) in [6.45, 7) is 6.83. The minimum atomic E-state index is -0.915. The molecular formula is C28H27N3O4. The smallest absolute Gasteiger partial charge is 0.308 e. The molecule has 4 aromatic rings. The van der Waals surface area contributed by atoms with E-state index in [1.54, 1.807) is 4.57 Å². The number of hydrogen-bond acceptors (Lipinski definition) is 5. The Morgan fingerprint density at radius 1 is 1.03 bits per heavy atom. The fourth-order valence-corrected chi connectivity index (χ4v) is 4.12. The number of benzene rings is 3. The third kappa shape index (κ3) is 4.49. The Hall–Kier alpha value is -4.13. The molecule has 3 aromatic carbocycles. The van der Waals surface area contributed by atoms with Crippen LogP contribution in [-0.4, -0.2) is 28.3 Å². The molecule has 5 rings (SSSR count). The standard InChI is InChI=1S/C28H27N3O4/c1-28(2,3)19-13-14-22-23(15-19)35-24(17-34-22)26(32)30-29-25-20-11-7-8-12-21(20)31(27(25)33)16-18-9-5-4-6-10-18/h4-15,24,33H,16-17H2,1-3H3/t24-/m0/s1. The summed E-state index contributed by atoms with van der Waals surface area (Å²) < 4.78 is 13.4. The highest BCUT2D eigenvalue weighted by atomic mass is 16.6. The molecule has 7 heteroatoms. The van der Waals surface area contributed by atoms with Crippen LogP contribution in [0.3, 0.4) is 0 Å². The predicted molar refractivity (Wildman–Crippen MR) is 134 cm³/mol. The number of azo groups is 1. The predicted octanol–water partition coefficient (Wildman–Crippen LogP) is 6.14. The number of aromatic hydroxyl groups is 1. The Morgan fingerprint density at radius 3 is 2.54 bits per heavy atom. The van der Waals surface area contributed by atoms with E-state index in [4.69, 9.17) is 9.47 Å². The molecule has 0 radical (unpaired) electrons. The van der Waals surface area contributed by atoms with Gasteiger partial charge in [-0.05, 0) is 34.7 Å². The average Bonchev–Trinajstić information content (AvgIpc) is 3.12. The highest BCUT2D eigenvalue weighted by Gasteiger charge is 2.29. The summed E-state index contributed by atoms with van der Waals surface area (Å²) in [7, 11) is 0. The van der Waals surface area contributed by atoms with Gasteiger partial charge in [0.1, 0.15) is 6.61 Å². The Labute approximate surface area is 203 Å². The minimum absolute atomic E-state index is 0.0431. The molecule has 0 unspecified atom stereocenters. The Kier molecular flexibility index (Phi) is 5.76. The van der Waals surface area contributed by atoms with Gasteiger partial charge in [0.15, 0.2) is 17.2 Å². The number of carbonyl (C=O) groups excluding carboxylic acids is 1. The normalized spacial score (nSPS) is 15.6. The summed E-state index contributed by atoms with van der Waals surface area (Å²) in [4.78, 5) is 12.9. The molecule has 0 bridgehead atoms. The summed E-state index contributed by atoms with van der Waals surface area (Å²) in [6, 6.07) is 23.1. The second kappa shape index (κ2) is 8.91. The lowest BCUT2D eigenvalue weighted by atomic mass is 9.87. The Morgan fingerprint density at radius 2 is 1.77 bits per heavy atom. The van der Waals surface area contributed by atoms with Crippen LogP contribution in [0.2, 0.25) is 0 Å². The maximum atomic E-state index is 12.9. The van der Waals surface area contributed by atoms with Crippen LogP contribution in [0.25, 0.3) is 10.9 Å². The maximum absolute atomic E-state index is 12.9. The van der Waals surface area contributed by atoms with Crippen molar-refractivity contribution in [3.63, 3.8) is 0 Å². The molecule has 2 heterocycles. The molecule has 1 aliphatic heterocycles. The summed E-state index contributed by atoms with van der Waals surface area (Å²) in [5, 5.41) is 19.7. The van der Waals surface area contributed by atoms with Crippen LogP contribution in [0.4, 0.5) is 5.69 Å². The van der Waals surface area contributed by atoms with Crippen LogP contribution in [-0.2, 0) is 16.8 Å². The largest absolute Gasteiger partial charge is 0.493 e. The van der Waals surface area contributed by atoms with Gasteiger partial charge in [0.25, 0.3) is 0 Å². The molecule has 7 nitrogen and oxygen atoms in total. The van der Waals surface area contributed by atoms with Crippen molar-refractivity contribution in [3.05, 3.63) is 83.9 Å². The van der Waals surface area contributed by atoms with Gasteiger partial charge in [0.05, 0.1) is 12.1 Å². The zero-order valence-corrected chi connectivity index (χ0v) is 19.9. The average molecular weight is 470 g/mol. The van der Waals surface area contributed by atoms with Crippen molar-refractivity contribution in [3.8, 4) is 17.4 Å². The second-order valence-electron chi connectivity index (χ2n) is 9.63. The first-order valence-electron chi connectivity index (χ1n) is 11.5. The number of hydrogen-bond donors (Lipinski definition) is 1. The zero-order chi connectivity index (χ0) is 24.6. The van der Waals surface area contributed by atoms with Crippen LogP contribution in [0.15, 0.2) is 83.0 Å². The van der Waals surface area contributed by atoms with E-state index < -0.39 is 12.0 Å². The van der Waals surface area contributed by atoms with Gasteiger partial charge in [-0.1, -0.05) is 75.4 Å². The van der Waals surface area contributed by atoms with Crippen LogP contribution in [0.1, 0.15) is 31.9 Å².